The Bertz CT molecular complexity index is 733. The van der Waals surface area contributed by atoms with Crippen molar-refractivity contribution in [1.82, 2.24) is 5.32 Å². The molecule has 132 valence electrons. The molecule has 0 aromatic heterocycles. The van der Waals surface area contributed by atoms with E-state index in [4.69, 9.17) is 9.47 Å². The highest BCUT2D eigenvalue weighted by Gasteiger charge is 2.11. The zero-order valence-corrected chi connectivity index (χ0v) is 14.0. The van der Waals surface area contributed by atoms with Gasteiger partial charge in [-0.05, 0) is 35.7 Å². The molecule has 0 fully saturated rings. The van der Waals surface area contributed by atoms with Gasteiger partial charge in [-0.1, -0.05) is 30.3 Å². The second-order valence-electron chi connectivity index (χ2n) is 5.40. The molecule has 0 heterocycles. The molecule has 1 amide bonds. The maximum absolute atomic E-state index is 13.5. The number of carbonyl (C=O) groups is 2. The van der Waals surface area contributed by atoms with Gasteiger partial charge in [-0.3, -0.25) is 4.79 Å². The van der Waals surface area contributed by atoms with Gasteiger partial charge in [-0.15, -0.1) is 0 Å². The maximum Gasteiger partial charge on any atom is 0.338 e. The smallest absolute Gasteiger partial charge is 0.338 e. The summed E-state index contributed by atoms with van der Waals surface area (Å²) >= 11 is 0. The average molecular weight is 345 g/mol. The molecule has 0 radical (unpaired) electrons. The molecule has 0 aliphatic rings. The van der Waals surface area contributed by atoms with Crippen LogP contribution in [0.4, 0.5) is 4.39 Å². The summed E-state index contributed by atoms with van der Waals surface area (Å²) in [5, 5.41) is 2.59. The zero-order chi connectivity index (χ0) is 18.1. The summed E-state index contributed by atoms with van der Waals surface area (Å²) in [6.07, 6.45) is 0.366. The van der Waals surface area contributed by atoms with E-state index in [1.807, 2.05) is 6.07 Å². The number of halogens is 1. The summed E-state index contributed by atoms with van der Waals surface area (Å²) in [4.78, 5) is 23.7. The Morgan fingerprint density at radius 3 is 2.68 bits per heavy atom. The number of nitrogens with one attached hydrogen (secondary N) is 1. The Hall–Kier alpha value is -2.73. The van der Waals surface area contributed by atoms with Gasteiger partial charge in [0.25, 0.3) is 5.91 Å². The summed E-state index contributed by atoms with van der Waals surface area (Å²) in [5.41, 5.74) is 1.72. The second-order valence-corrected chi connectivity index (χ2v) is 5.40. The Morgan fingerprint density at radius 1 is 1.12 bits per heavy atom. The van der Waals surface area contributed by atoms with Crippen molar-refractivity contribution in [1.29, 1.82) is 0 Å². The highest BCUT2D eigenvalue weighted by Crippen LogP contribution is 2.08. The number of carbonyl (C=O) groups excluding carboxylic acids is 2. The van der Waals surface area contributed by atoms with Crippen LogP contribution in [0, 0.1) is 5.82 Å². The highest BCUT2D eigenvalue weighted by atomic mass is 19.1. The first kappa shape index (κ1) is 18.6. The summed E-state index contributed by atoms with van der Waals surface area (Å²) < 4.78 is 23.4. The molecule has 25 heavy (non-hydrogen) atoms. The molecule has 0 saturated carbocycles. The predicted octanol–water partition coefficient (Wildman–Crippen LogP) is 2.49. The van der Waals surface area contributed by atoms with Crippen LogP contribution in [0.1, 0.15) is 21.5 Å². The summed E-state index contributed by atoms with van der Waals surface area (Å²) in [7, 11) is 1.57. The predicted molar refractivity (Wildman–Crippen MR) is 90.6 cm³/mol. The normalized spacial score (nSPS) is 10.3. The number of hydrogen-bond acceptors (Lipinski definition) is 4. The number of hydrogen-bond donors (Lipinski definition) is 1. The van der Waals surface area contributed by atoms with Crippen molar-refractivity contribution in [2.75, 3.05) is 20.3 Å². The minimum Gasteiger partial charge on any atom is -0.452 e. The number of amides is 1. The van der Waals surface area contributed by atoms with Crippen molar-refractivity contribution in [3.8, 4) is 0 Å². The van der Waals surface area contributed by atoms with Gasteiger partial charge >= 0.3 is 5.97 Å². The highest BCUT2D eigenvalue weighted by molar-refractivity contribution is 5.91. The largest absolute Gasteiger partial charge is 0.452 e. The van der Waals surface area contributed by atoms with E-state index < -0.39 is 11.9 Å². The second kappa shape index (κ2) is 9.54. The van der Waals surface area contributed by atoms with Crippen LogP contribution < -0.4 is 5.32 Å². The SMILES string of the molecule is COCc1cccc(C(=O)OCC(=O)NCCc2ccccc2F)c1. The molecular weight excluding hydrogens is 325 g/mol. The first-order valence-corrected chi connectivity index (χ1v) is 7.85. The molecule has 2 aromatic rings. The zero-order valence-electron chi connectivity index (χ0n) is 14.0. The monoisotopic (exact) mass is 345 g/mol. The summed E-state index contributed by atoms with van der Waals surface area (Å²) in [6, 6.07) is 13.2. The van der Waals surface area contributed by atoms with Gasteiger partial charge in [-0.25, -0.2) is 9.18 Å². The molecule has 0 unspecified atom stereocenters. The van der Waals surface area contributed by atoms with E-state index in [1.54, 1.807) is 43.5 Å². The van der Waals surface area contributed by atoms with Crippen LogP contribution in [0.5, 0.6) is 0 Å². The third kappa shape index (κ3) is 6.00. The fourth-order valence-electron chi connectivity index (χ4n) is 2.26. The van der Waals surface area contributed by atoms with Gasteiger partial charge < -0.3 is 14.8 Å². The molecule has 0 saturated heterocycles. The first-order chi connectivity index (χ1) is 12.1. The summed E-state index contributed by atoms with van der Waals surface area (Å²) in [6.45, 7) is 0.267. The number of rotatable bonds is 8. The molecule has 0 atom stereocenters. The number of methoxy groups -OCH3 is 1. The van der Waals surface area contributed by atoms with Gasteiger partial charge in [0.05, 0.1) is 12.2 Å². The molecule has 0 bridgehead atoms. The lowest BCUT2D eigenvalue weighted by molar-refractivity contribution is -0.124. The van der Waals surface area contributed by atoms with E-state index in [9.17, 15) is 14.0 Å². The van der Waals surface area contributed by atoms with Crippen molar-refractivity contribution < 1.29 is 23.5 Å². The fraction of sp³-hybridized carbons (Fsp3) is 0.263. The maximum atomic E-state index is 13.5. The number of ether oxygens (including phenoxy) is 2. The molecule has 0 aliphatic carbocycles. The van der Waals surface area contributed by atoms with Crippen LogP contribution in [-0.4, -0.2) is 32.1 Å². The quantitative estimate of drug-likeness (QED) is 0.747. The lowest BCUT2D eigenvalue weighted by Gasteiger charge is -2.08. The van der Waals surface area contributed by atoms with Crippen LogP contribution in [0.3, 0.4) is 0 Å². The van der Waals surface area contributed by atoms with Gasteiger partial charge in [0.1, 0.15) is 5.82 Å². The Balaban J connectivity index is 1.75. The van der Waals surface area contributed by atoms with Crippen LogP contribution >= 0.6 is 0 Å². The van der Waals surface area contributed by atoms with Crippen molar-refractivity contribution in [2.24, 2.45) is 0 Å². The molecule has 0 aliphatic heterocycles. The summed E-state index contributed by atoms with van der Waals surface area (Å²) in [5.74, 6) is -1.32. The van der Waals surface area contributed by atoms with E-state index in [0.29, 0.717) is 24.2 Å². The van der Waals surface area contributed by atoms with Crippen molar-refractivity contribution >= 4 is 11.9 Å². The molecular formula is C19H20FNO4. The molecule has 2 aromatic carbocycles. The van der Waals surface area contributed by atoms with Crippen molar-refractivity contribution in [2.45, 2.75) is 13.0 Å². The van der Waals surface area contributed by atoms with Crippen molar-refractivity contribution in [3.63, 3.8) is 0 Å². The molecule has 0 spiro atoms. The lowest BCUT2D eigenvalue weighted by Crippen LogP contribution is -2.30. The standard InChI is InChI=1S/C19H20FNO4/c1-24-12-14-5-4-7-16(11-14)19(23)25-13-18(22)21-10-9-15-6-2-3-8-17(15)20/h2-8,11H,9-10,12-13H2,1H3,(H,21,22). The fourth-order valence-corrected chi connectivity index (χ4v) is 2.26. The average Bonchev–Trinajstić information content (AvgIpc) is 2.62. The van der Waals surface area contributed by atoms with Gasteiger partial charge in [0.15, 0.2) is 6.61 Å². The molecule has 2 rings (SSSR count). The first-order valence-electron chi connectivity index (χ1n) is 7.85. The molecule has 1 N–H and O–H groups in total. The minimum absolute atomic E-state index is 0.265. The molecule has 5 nitrogen and oxygen atoms in total. The van der Waals surface area contributed by atoms with Crippen LogP contribution in [0.15, 0.2) is 48.5 Å². The van der Waals surface area contributed by atoms with Crippen LogP contribution in [0.2, 0.25) is 0 Å². The van der Waals surface area contributed by atoms with E-state index in [0.717, 1.165) is 5.56 Å². The Morgan fingerprint density at radius 2 is 1.92 bits per heavy atom. The van der Waals surface area contributed by atoms with Gasteiger partial charge in [-0.2, -0.15) is 0 Å². The van der Waals surface area contributed by atoms with E-state index in [2.05, 4.69) is 5.32 Å². The van der Waals surface area contributed by atoms with E-state index in [-0.39, 0.29) is 19.0 Å². The van der Waals surface area contributed by atoms with Crippen LogP contribution in [0.25, 0.3) is 0 Å². The Labute approximate surface area is 145 Å². The van der Waals surface area contributed by atoms with Crippen molar-refractivity contribution in [3.05, 3.63) is 71.0 Å². The van der Waals surface area contributed by atoms with E-state index in [1.165, 1.54) is 6.07 Å². The van der Waals surface area contributed by atoms with Crippen LogP contribution in [-0.2, 0) is 27.3 Å². The van der Waals surface area contributed by atoms with Gasteiger partial charge in [0.2, 0.25) is 0 Å². The third-order valence-electron chi connectivity index (χ3n) is 3.48. The minimum atomic E-state index is -0.581. The number of esters is 1. The number of benzene rings is 2. The molecule has 6 heteroatoms. The van der Waals surface area contributed by atoms with Gasteiger partial charge in [0, 0.05) is 13.7 Å². The van der Waals surface area contributed by atoms with E-state index >= 15 is 0 Å². The third-order valence-corrected chi connectivity index (χ3v) is 3.48. The lowest BCUT2D eigenvalue weighted by atomic mass is 10.1. The Kier molecular flexibility index (Phi) is 7.10. The topological polar surface area (TPSA) is 64.6 Å².